The topological polar surface area (TPSA) is 155 Å². The monoisotopic (exact) mass is 526 g/mol. The first-order chi connectivity index (χ1) is 16.6. The average Bonchev–Trinajstić information content (AvgIpc) is 3.16. The molecule has 1 aromatic heterocycles. The summed E-state index contributed by atoms with van der Waals surface area (Å²) in [6.45, 7) is 5.38. The largest absolute Gasteiger partial charge is 0.464 e. The smallest absolute Gasteiger partial charge is 0.459 e. The molecule has 192 valence electrons. The maximum Gasteiger partial charge on any atom is 0.459 e. The number of anilines is 1. The van der Waals surface area contributed by atoms with Crippen LogP contribution in [0.3, 0.4) is 0 Å². The average molecular weight is 527 g/mol. The highest BCUT2D eigenvalue weighted by atomic mass is 32.2. The summed E-state index contributed by atoms with van der Waals surface area (Å²) in [4.78, 5) is 28.2. The Kier molecular flexibility index (Phi) is 9.37. The van der Waals surface area contributed by atoms with Gasteiger partial charge in [0, 0.05) is 12.6 Å². The van der Waals surface area contributed by atoms with Gasteiger partial charge in [0.05, 0.1) is 29.9 Å². The molecule has 1 aliphatic rings. The second kappa shape index (κ2) is 12.0. The molecule has 2 heterocycles. The first kappa shape index (κ1) is 27.2. The molecule has 2 aromatic rings. The standard InChI is InChI=1S/C22H31N4O7PS/c1-14(2)12-31-21(28)15(3)25-34(30,33-16-7-5-4-6-8-16)32-13-18-17(27)11-20(35-18)26-10-9-19(23)24-22(26)29/h4-10,14-15,17-18,20,27H,11-13H2,1-3H3,(H,25,30)(H2,23,24,29)/t15-,17+,18+,20+,34?/m0/s1. The van der Waals surface area contributed by atoms with E-state index < -0.39 is 42.2 Å². The van der Waals surface area contributed by atoms with Crippen LogP contribution in [0.15, 0.2) is 47.4 Å². The lowest BCUT2D eigenvalue weighted by atomic mass is 10.2. The van der Waals surface area contributed by atoms with E-state index in [2.05, 4.69) is 10.1 Å². The number of hydrogen-bond acceptors (Lipinski definition) is 10. The number of thioether (sulfide) groups is 1. The second-order valence-corrected chi connectivity index (χ2v) is 11.7. The number of nitrogens with two attached hydrogens (primary N) is 1. The number of esters is 1. The van der Waals surface area contributed by atoms with E-state index in [1.54, 1.807) is 30.3 Å². The zero-order chi connectivity index (χ0) is 25.6. The number of ether oxygens (including phenoxy) is 1. The lowest BCUT2D eigenvalue weighted by molar-refractivity contribution is -0.146. The SMILES string of the molecule is CC(C)COC(=O)[C@H](C)NP(=O)(OC[C@H]1S[C@@H](n2ccc(N)nc2=O)C[C@H]1O)Oc1ccccc1. The minimum Gasteiger partial charge on any atom is -0.464 e. The Morgan fingerprint density at radius 3 is 2.69 bits per heavy atom. The van der Waals surface area contributed by atoms with Crippen molar-refractivity contribution < 1.29 is 28.3 Å². The molecule has 5 atom stereocenters. The third kappa shape index (κ3) is 7.81. The Balaban J connectivity index is 1.69. The normalized spacial score (nSPS) is 22.5. The number of aliphatic hydroxyl groups is 1. The van der Waals surface area contributed by atoms with Crippen molar-refractivity contribution in [2.75, 3.05) is 18.9 Å². The van der Waals surface area contributed by atoms with Crippen molar-refractivity contribution in [3.8, 4) is 5.75 Å². The number of nitrogen functional groups attached to an aromatic ring is 1. The molecule has 0 aliphatic carbocycles. The molecule has 11 nitrogen and oxygen atoms in total. The highest BCUT2D eigenvalue weighted by molar-refractivity contribution is 8.00. The van der Waals surface area contributed by atoms with E-state index in [9.17, 15) is 19.3 Å². The van der Waals surface area contributed by atoms with Gasteiger partial charge in [-0.15, -0.1) is 11.8 Å². The van der Waals surface area contributed by atoms with E-state index in [4.69, 9.17) is 19.5 Å². The lowest BCUT2D eigenvalue weighted by Crippen LogP contribution is -2.36. The van der Waals surface area contributed by atoms with Crippen LogP contribution >= 0.6 is 19.5 Å². The molecule has 0 bridgehead atoms. The molecule has 1 aliphatic heterocycles. The Morgan fingerprint density at radius 2 is 2.03 bits per heavy atom. The number of nitrogens with one attached hydrogen (secondary N) is 1. The van der Waals surface area contributed by atoms with Gasteiger partial charge in [-0.3, -0.25) is 13.9 Å². The van der Waals surface area contributed by atoms with Crippen LogP contribution in [0, 0.1) is 5.92 Å². The van der Waals surface area contributed by atoms with Gasteiger partial charge in [0.25, 0.3) is 0 Å². The number of rotatable bonds is 11. The van der Waals surface area contributed by atoms with Crippen LogP contribution in [0.5, 0.6) is 5.75 Å². The predicted octanol–water partition coefficient (Wildman–Crippen LogP) is 2.57. The lowest BCUT2D eigenvalue weighted by Gasteiger charge is -2.24. The van der Waals surface area contributed by atoms with E-state index in [1.807, 2.05) is 13.8 Å². The van der Waals surface area contributed by atoms with Crippen molar-refractivity contribution in [3.63, 3.8) is 0 Å². The van der Waals surface area contributed by atoms with Gasteiger partial charge in [-0.25, -0.2) is 9.36 Å². The van der Waals surface area contributed by atoms with Crippen LogP contribution in [-0.4, -0.2) is 51.2 Å². The maximum absolute atomic E-state index is 13.6. The van der Waals surface area contributed by atoms with Crippen LogP contribution in [-0.2, 0) is 18.6 Å². The molecular weight excluding hydrogens is 495 g/mol. The highest BCUT2D eigenvalue weighted by Gasteiger charge is 2.39. The molecule has 1 saturated heterocycles. The van der Waals surface area contributed by atoms with Crippen molar-refractivity contribution in [1.82, 2.24) is 14.6 Å². The molecule has 35 heavy (non-hydrogen) atoms. The molecule has 0 radical (unpaired) electrons. The minimum atomic E-state index is -4.06. The summed E-state index contributed by atoms with van der Waals surface area (Å²) in [6, 6.07) is 8.93. The van der Waals surface area contributed by atoms with Gasteiger partial charge >= 0.3 is 19.4 Å². The third-order valence-electron chi connectivity index (χ3n) is 5.01. The Bertz CT molecular complexity index is 1100. The van der Waals surface area contributed by atoms with E-state index in [0.717, 1.165) is 0 Å². The van der Waals surface area contributed by atoms with Crippen molar-refractivity contribution in [2.24, 2.45) is 5.92 Å². The molecule has 0 spiro atoms. The second-order valence-electron chi connectivity index (χ2n) is 8.55. The van der Waals surface area contributed by atoms with E-state index >= 15 is 0 Å². The predicted molar refractivity (Wildman–Crippen MR) is 133 cm³/mol. The summed E-state index contributed by atoms with van der Waals surface area (Å²) in [7, 11) is -4.06. The van der Waals surface area contributed by atoms with Crippen LogP contribution < -0.4 is 21.0 Å². The highest BCUT2D eigenvalue weighted by Crippen LogP contribution is 2.48. The molecular formula is C22H31N4O7PS. The van der Waals surface area contributed by atoms with Crippen LogP contribution in [0.4, 0.5) is 5.82 Å². The number of carbonyl (C=O) groups excluding carboxylic acids is 1. The fourth-order valence-corrected chi connectivity index (χ4v) is 6.29. The van der Waals surface area contributed by atoms with E-state index in [1.165, 1.54) is 35.5 Å². The van der Waals surface area contributed by atoms with Gasteiger partial charge in [0.1, 0.15) is 17.6 Å². The molecule has 0 amide bonds. The van der Waals surface area contributed by atoms with Crippen molar-refractivity contribution in [3.05, 3.63) is 53.1 Å². The fourth-order valence-electron chi connectivity index (χ4n) is 3.23. The maximum atomic E-state index is 13.6. The summed E-state index contributed by atoms with van der Waals surface area (Å²) >= 11 is 1.29. The van der Waals surface area contributed by atoms with Crippen molar-refractivity contribution >= 4 is 31.3 Å². The number of hydrogen-bond donors (Lipinski definition) is 3. The first-order valence-electron chi connectivity index (χ1n) is 11.2. The molecule has 3 rings (SSSR count). The van der Waals surface area contributed by atoms with Gasteiger partial charge < -0.3 is 20.1 Å². The number of para-hydroxylation sites is 1. The number of aliphatic hydroxyl groups excluding tert-OH is 1. The van der Waals surface area contributed by atoms with Gasteiger partial charge in [-0.2, -0.15) is 10.1 Å². The van der Waals surface area contributed by atoms with E-state index in [0.29, 0.717) is 0 Å². The van der Waals surface area contributed by atoms with Crippen LogP contribution in [0.25, 0.3) is 0 Å². The fraction of sp³-hybridized carbons (Fsp3) is 0.500. The van der Waals surface area contributed by atoms with E-state index in [-0.39, 0.29) is 37.1 Å². The quantitative estimate of drug-likeness (QED) is 0.292. The van der Waals surface area contributed by atoms with Gasteiger partial charge in [0.15, 0.2) is 0 Å². The number of nitrogens with zero attached hydrogens (tertiary/aromatic N) is 2. The third-order valence-corrected chi connectivity index (χ3v) is 8.19. The molecule has 1 unspecified atom stereocenters. The summed E-state index contributed by atoms with van der Waals surface area (Å²) in [5.41, 5.74) is 5.03. The number of aromatic nitrogens is 2. The summed E-state index contributed by atoms with van der Waals surface area (Å²) in [5, 5.41) is 12.3. The zero-order valence-electron chi connectivity index (χ0n) is 19.8. The Labute approximate surface area is 208 Å². The summed E-state index contributed by atoms with van der Waals surface area (Å²) in [6.07, 6.45) is 0.945. The van der Waals surface area contributed by atoms with Crippen LogP contribution in [0.2, 0.25) is 0 Å². The summed E-state index contributed by atoms with van der Waals surface area (Å²) in [5.74, 6) is -0.0546. The number of carbonyl (C=O) groups is 1. The Hall–Kier alpha value is -2.37. The van der Waals surface area contributed by atoms with Crippen LogP contribution in [0.1, 0.15) is 32.6 Å². The molecule has 1 aromatic carbocycles. The Morgan fingerprint density at radius 1 is 1.31 bits per heavy atom. The first-order valence-corrected chi connectivity index (χ1v) is 13.7. The molecule has 13 heteroatoms. The number of benzene rings is 1. The zero-order valence-corrected chi connectivity index (χ0v) is 21.5. The van der Waals surface area contributed by atoms with Gasteiger partial charge in [-0.05, 0) is 31.0 Å². The van der Waals surface area contributed by atoms with Gasteiger partial charge in [0.2, 0.25) is 0 Å². The van der Waals surface area contributed by atoms with Crippen molar-refractivity contribution in [2.45, 2.75) is 50.0 Å². The molecule has 4 N–H and O–H groups in total. The van der Waals surface area contributed by atoms with Gasteiger partial charge in [-0.1, -0.05) is 32.0 Å². The van der Waals surface area contributed by atoms with Crippen molar-refractivity contribution in [1.29, 1.82) is 0 Å². The molecule has 0 saturated carbocycles. The minimum absolute atomic E-state index is 0.112. The summed E-state index contributed by atoms with van der Waals surface area (Å²) < 4.78 is 31.5. The molecule has 1 fully saturated rings.